The molecule has 0 bridgehead atoms. The predicted molar refractivity (Wildman–Crippen MR) is 89.0 cm³/mol. The van der Waals surface area contributed by atoms with Gasteiger partial charge in [-0.15, -0.1) is 12.4 Å². The molecule has 5 nitrogen and oxygen atoms in total. The normalized spacial score (nSPS) is 17.7. The smallest absolute Gasteiger partial charge is 0.257 e. The molecule has 0 radical (unpaired) electrons. The third-order valence-corrected chi connectivity index (χ3v) is 3.46. The lowest BCUT2D eigenvalue weighted by molar-refractivity contribution is 0.0699. The second kappa shape index (κ2) is 9.66. The van der Waals surface area contributed by atoms with Gasteiger partial charge < -0.3 is 19.7 Å². The third-order valence-electron chi connectivity index (χ3n) is 3.46. The van der Waals surface area contributed by atoms with Crippen molar-refractivity contribution in [2.24, 2.45) is 0 Å². The van der Waals surface area contributed by atoms with Gasteiger partial charge in [0.15, 0.2) is 0 Å². The first-order valence-corrected chi connectivity index (χ1v) is 7.54. The number of rotatable bonds is 6. The molecule has 1 aromatic carbocycles. The average molecular weight is 329 g/mol. The first-order valence-electron chi connectivity index (χ1n) is 7.54. The fourth-order valence-electron chi connectivity index (χ4n) is 2.41. The Bertz CT molecular complexity index is 470. The van der Waals surface area contributed by atoms with Gasteiger partial charge in [0.1, 0.15) is 12.4 Å². The van der Waals surface area contributed by atoms with E-state index in [-0.39, 0.29) is 18.3 Å². The van der Waals surface area contributed by atoms with Crippen molar-refractivity contribution >= 4 is 18.3 Å². The fraction of sp³-hybridized carbons (Fsp3) is 0.562. The molecule has 1 aromatic rings. The number of nitrogens with zero attached hydrogens (tertiary/aromatic N) is 1. The lowest BCUT2D eigenvalue weighted by Gasteiger charge is -2.32. The number of benzene rings is 1. The zero-order valence-electron chi connectivity index (χ0n) is 13.2. The maximum Gasteiger partial charge on any atom is 0.257 e. The molecule has 1 atom stereocenters. The number of carbonyl (C=O) groups excluding carboxylic acids is 1. The molecule has 0 aliphatic carbocycles. The minimum Gasteiger partial charge on any atom is -0.490 e. The molecule has 1 heterocycles. The van der Waals surface area contributed by atoms with Crippen molar-refractivity contribution in [3.8, 4) is 5.75 Å². The molecule has 6 heteroatoms. The Morgan fingerprint density at radius 1 is 1.36 bits per heavy atom. The van der Waals surface area contributed by atoms with Crippen LogP contribution < -0.4 is 10.1 Å². The molecule has 124 valence electrons. The Kier molecular flexibility index (Phi) is 8.24. The highest BCUT2D eigenvalue weighted by atomic mass is 35.5. The molecule has 1 aliphatic rings. The number of ether oxygens (including phenoxy) is 2. The highest BCUT2D eigenvalue weighted by Crippen LogP contribution is 2.20. The zero-order valence-corrected chi connectivity index (χ0v) is 14.0. The highest BCUT2D eigenvalue weighted by molar-refractivity contribution is 5.97. The van der Waals surface area contributed by atoms with Crippen LogP contribution in [0.25, 0.3) is 0 Å². The van der Waals surface area contributed by atoms with Crippen LogP contribution in [0.4, 0.5) is 0 Å². The summed E-state index contributed by atoms with van der Waals surface area (Å²) < 4.78 is 10.9. The Morgan fingerprint density at radius 2 is 2.14 bits per heavy atom. The lowest BCUT2D eigenvalue weighted by Crippen LogP contribution is -2.51. The Balaban J connectivity index is 0.00000242. The van der Waals surface area contributed by atoms with Crippen LogP contribution in [0.3, 0.4) is 0 Å². The number of amides is 1. The second-order valence-electron chi connectivity index (χ2n) is 5.15. The Labute approximate surface area is 138 Å². The van der Waals surface area contributed by atoms with Crippen LogP contribution in [0.1, 0.15) is 24.2 Å². The van der Waals surface area contributed by atoms with Crippen LogP contribution in [0.5, 0.6) is 5.75 Å². The molecule has 1 aliphatic heterocycles. The number of carbonyl (C=O) groups is 1. The lowest BCUT2D eigenvalue weighted by atomic mass is 10.1. The molecule has 2 rings (SSSR count). The van der Waals surface area contributed by atoms with Crippen molar-refractivity contribution in [2.75, 3.05) is 39.5 Å². The van der Waals surface area contributed by atoms with E-state index in [9.17, 15) is 4.79 Å². The Hall–Kier alpha value is -1.30. The van der Waals surface area contributed by atoms with Crippen molar-refractivity contribution < 1.29 is 14.3 Å². The van der Waals surface area contributed by atoms with Crippen molar-refractivity contribution in [3.63, 3.8) is 0 Å². The minimum atomic E-state index is 0. The fourth-order valence-corrected chi connectivity index (χ4v) is 2.41. The van der Waals surface area contributed by atoms with Gasteiger partial charge in [-0.1, -0.05) is 12.1 Å². The maximum absolute atomic E-state index is 12.6. The summed E-state index contributed by atoms with van der Waals surface area (Å²) >= 11 is 0. The number of halogens is 1. The van der Waals surface area contributed by atoms with Gasteiger partial charge in [-0.25, -0.2) is 0 Å². The number of piperazine rings is 1. The molecule has 0 saturated carbocycles. The summed E-state index contributed by atoms with van der Waals surface area (Å²) in [6, 6.07) is 7.74. The van der Waals surface area contributed by atoms with Gasteiger partial charge in [0.05, 0.1) is 12.2 Å². The molecule has 1 fully saturated rings. The van der Waals surface area contributed by atoms with E-state index in [1.807, 2.05) is 36.1 Å². The van der Waals surface area contributed by atoms with Crippen LogP contribution in [0.15, 0.2) is 24.3 Å². The number of hydrogen-bond acceptors (Lipinski definition) is 4. The maximum atomic E-state index is 12.6. The molecule has 0 aromatic heterocycles. The van der Waals surface area contributed by atoms with E-state index in [0.29, 0.717) is 37.2 Å². The number of nitrogens with one attached hydrogen (secondary N) is 1. The Morgan fingerprint density at radius 3 is 2.86 bits per heavy atom. The zero-order chi connectivity index (χ0) is 15.1. The van der Waals surface area contributed by atoms with Crippen molar-refractivity contribution in [1.82, 2.24) is 10.2 Å². The quantitative estimate of drug-likeness (QED) is 0.811. The van der Waals surface area contributed by atoms with Crippen LogP contribution in [-0.2, 0) is 4.74 Å². The molecular weight excluding hydrogens is 304 g/mol. The summed E-state index contributed by atoms with van der Waals surface area (Å²) in [5, 5.41) is 3.34. The summed E-state index contributed by atoms with van der Waals surface area (Å²) in [4.78, 5) is 14.5. The minimum absolute atomic E-state index is 0. The van der Waals surface area contributed by atoms with Gasteiger partial charge >= 0.3 is 0 Å². The standard InChI is InChI=1S/C16H24N2O3.ClH/c1-3-20-10-11-21-15-7-5-4-6-14(15)16(19)18-9-8-17-13(2)12-18;/h4-7,13,17H,3,8-12H2,1-2H3;1H. The van der Waals surface area contributed by atoms with E-state index in [0.717, 1.165) is 19.6 Å². The summed E-state index contributed by atoms with van der Waals surface area (Å²) in [6.45, 7) is 7.98. The van der Waals surface area contributed by atoms with E-state index >= 15 is 0 Å². The summed E-state index contributed by atoms with van der Waals surface area (Å²) in [7, 11) is 0. The van der Waals surface area contributed by atoms with Crippen LogP contribution in [-0.4, -0.2) is 56.3 Å². The summed E-state index contributed by atoms with van der Waals surface area (Å²) in [5.41, 5.74) is 0.628. The molecule has 1 N–H and O–H groups in total. The first-order chi connectivity index (χ1) is 10.2. The number of para-hydroxylation sites is 1. The van der Waals surface area contributed by atoms with E-state index in [1.165, 1.54) is 0 Å². The predicted octanol–water partition coefficient (Wildman–Crippen LogP) is 1.96. The molecule has 1 amide bonds. The van der Waals surface area contributed by atoms with Gasteiger partial charge in [0.2, 0.25) is 0 Å². The van der Waals surface area contributed by atoms with Crippen molar-refractivity contribution in [1.29, 1.82) is 0 Å². The van der Waals surface area contributed by atoms with E-state index in [1.54, 1.807) is 0 Å². The van der Waals surface area contributed by atoms with Crippen LogP contribution in [0.2, 0.25) is 0 Å². The van der Waals surface area contributed by atoms with E-state index in [2.05, 4.69) is 12.2 Å². The topological polar surface area (TPSA) is 50.8 Å². The highest BCUT2D eigenvalue weighted by Gasteiger charge is 2.23. The van der Waals surface area contributed by atoms with Crippen LogP contribution in [0, 0.1) is 0 Å². The summed E-state index contributed by atoms with van der Waals surface area (Å²) in [5.74, 6) is 0.670. The van der Waals surface area contributed by atoms with Gasteiger partial charge in [0.25, 0.3) is 5.91 Å². The van der Waals surface area contributed by atoms with Crippen LogP contribution >= 0.6 is 12.4 Å². The van der Waals surface area contributed by atoms with Crippen molar-refractivity contribution in [3.05, 3.63) is 29.8 Å². The monoisotopic (exact) mass is 328 g/mol. The van der Waals surface area contributed by atoms with E-state index in [4.69, 9.17) is 9.47 Å². The van der Waals surface area contributed by atoms with Gasteiger partial charge in [-0.2, -0.15) is 0 Å². The first kappa shape index (κ1) is 18.7. The average Bonchev–Trinajstić information content (AvgIpc) is 2.51. The number of hydrogen-bond donors (Lipinski definition) is 1. The summed E-state index contributed by atoms with van der Waals surface area (Å²) in [6.07, 6.45) is 0. The van der Waals surface area contributed by atoms with Gasteiger partial charge in [0, 0.05) is 32.3 Å². The SMILES string of the molecule is CCOCCOc1ccccc1C(=O)N1CCNC(C)C1.Cl. The third kappa shape index (κ3) is 5.16. The molecule has 0 spiro atoms. The molecular formula is C16H25ClN2O3. The van der Waals surface area contributed by atoms with Gasteiger partial charge in [-0.05, 0) is 26.0 Å². The molecule has 1 saturated heterocycles. The molecule has 22 heavy (non-hydrogen) atoms. The van der Waals surface area contributed by atoms with E-state index < -0.39 is 0 Å². The largest absolute Gasteiger partial charge is 0.490 e. The second-order valence-corrected chi connectivity index (χ2v) is 5.15. The van der Waals surface area contributed by atoms with Crippen molar-refractivity contribution in [2.45, 2.75) is 19.9 Å². The van der Waals surface area contributed by atoms with Gasteiger partial charge in [-0.3, -0.25) is 4.79 Å². The molecule has 1 unspecified atom stereocenters.